The number of piperazine rings is 1. The summed E-state index contributed by atoms with van der Waals surface area (Å²) in [5.41, 5.74) is 0.894. The maximum absolute atomic E-state index is 12.9. The summed E-state index contributed by atoms with van der Waals surface area (Å²) >= 11 is 0. The van der Waals surface area contributed by atoms with Crippen molar-refractivity contribution in [1.82, 2.24) is 19.0 Å². The highest BCUT2D eigenvalue weighted by molar-refractivity contribution is 7.89. The maximum atomic E-state index is 12.9. The molecule has 1 aliphatic rings. The molecule has 0 spiro atoms. The first-order valence-electron chi connectivity index (χ1n) is 10.7. The number of nitrogens with zero attached hydrogens (tertiary/aromatic N) is 5. The highest BCUT2D eigenvalue weighted by Gasteiger charge is 2.28. The van der Waals surface area contributed by atoms with Gasteiger partial charge in [0.15, 0.2) is 5.69 Å². The molecule has 1 N–H and O–H groups in total. The van der Waals surface area contributed by atoms with E-state index in [2.05, 4.69) is 22.2 Å². The van der Waals surface area contributed by atoms with Crippen LogP contribution >= 0.6 is 0 Å². The van der Waals surface area contributed by atoms with Gasteiger partial charge >= 0.3 is 0 Å². The zero-order valence-corrected chi connectivity index (χ0v) is 19.3. The predicted octanol–water partition coefficient (Wildman–Crippen LogP) is 2.36. The summed E-state index contributed by atoms with van der Waals surface area (Å²) in [6.45, 7) is 5.24. The minimum atomic E-state index is -3.60. The van der Waals surface area contributed by atoms with E-state index < -0.39 is 20.9 Å². The van der Waals surface area contributed by atoms with E-state index in [4.69, 9.17) is 0 Å². The summed E-state index contributed by atoms with van der Waals surface area (Å²) in [5, 5.41) is 17.8. The Morgan fingerprint density at radius 2 is 1.79 bits per heavy atom. The van der Waals surface area contributed by atoms with Crippen LogP contribution in [0.5, 0.6) is 0 Å². The lowest BCUT2D eigenvalue weighted by Gasteiger charge is -2.33. The van der Waals surface area contributed by atoms with Gasteiger partial charge in [-0.05, 0) is 42.9 Å². The number of benzene rings is 2. The maximum Gasteiger partial charge on any atom is 0.276 e. The van der Waals surface area contributed by atoms with Crippen molar-refractivity contribution in [3.8, 4) is 5.69 Å². The van der Waals surface area contributed by atoms with Crippen LogP contribution in [0, 0.1) is 10.1 Å². The van der Waals surface area contributed by atoms with Crippen molar-refractivity contribution in [3.63, 3.8) is 0 Å². The molecule has 0 unspecified atom stereocenters. The van der Waals surface area contributed by atoms with E-state index in [1.165, 1.54) is 63.7 Å². The quantitative estimate of drug-likeness (QED) is 0.402. The van der Waals surface area contributed by atoms with Gasteiger partial charge in [-0.3, -0.25) is 14.9 Å². The molecule has 3 aromatic rings. The third-order valence-electron chi connectivity index (χ3n) is 5.66. The van der Waals surface area contributed by atoms with E-state index in [9.17, 15) is 23.3 Å². The second-order valence-corrected chi connectivity index (χ2v) is 9.68. The Bertz CT molecular complexity index is 1300. The number of rotatable bonds is 7. The molecule has 11 nitrogen and oxygen atoms in total. The van der Waals surface area contributed by atoms with Gasteiger partial charge in [0.25, 0.3) is 11.6 Å². The van der Waals surface area contributed by atoms with E-state index in [-0.39, 0.29) is 16.3 Å². The number of hydrogen-bond donors (Lipinski definition) is 1. The van der Waals surface area contributed by atoms with Crippen LogP contribution in [-0.2, 0) is 10.0 Å². The lowest BCUT2D eigenvalue weighted by molar-refractivity contribution is -0.384. The van der Waals surface area contributed by atoms with Crippen molar-refractivity contribution in [1.29, 1.82) is 0 Å². The number of nitro groups is 1. The van der Waals surface area contributed by atoms with Crippen LogP contribution in [0.15, 0.2) is 65.7 Å². The average molecular weight is 485 g/mol. The number of carbonyl (C=O) groups excluding carboxylic acids is 1. The Morgan fingerprint density at radius 1 is 1.09 bits per heavy atom. The van der Waals surface area contributed by atoms with Crippen molar-refractivity contribution < 1.29 is 18.1 Å². The zero-order chi connectivity index (χ0) is 24.3. The fourth-order valence-corrected chi connectivity index (χ4v) is 5.10. The molecule has 1 aliphatic heterocycles. The monoisotopic (exact) mass is 484 g/mol. The molecule has 1 amide bonds. The molecule has 2 aromatic carbocycles. The molecule has 178 valence electrons. The Labute approximate surface area is 196 Å². The summed E-state index contributed by atoms with van der Waals surface area (Å²) in [5.74, 6) is -0.490. The highest BCUT2D eigenvalue weighted by Crippen LogP contribution is 2.21. The van der Waals surface area contributed by atoms with Gasteiger partial charge in [0, 0.05) is 50.2 Å². The number of nitrogens with one attached hydrogen (secondary N) is 1. The lowest BCUT2D eigenvalue weighted by Crippen LogP contribution is -2.48. The molecule has 1 saturated heterocycles. The highest BCUT2D eigenvalue weighted by atomic mass is 32.2. The van der Waals surface area contributed by atoms with E-state index in [0.29, 0.717) is 37.6 Å². The Morgan fingerprint density at radius 3 is 2.44 bits per heavy atom. The number of aromatic nitrogens is 2. The number of carbonyl (C=O) groups is 1. The van der Waals surface area contributed by atoms with Gasteiger partial charge < -0.3 is 10.2 Å². The Kier molecular flexibility index (Phi) is 6.72. The number of likely N-dealkylation sites (N-methyl/N-ethyl adjacent to an activating group) is 1. The van der Waals surface area contributed by atoms with Crippen molar-refractivity contribution in [2.24, 2.45) is 0 Å². The van der Waals surface area contributed by atoms with Crippen molar-refractivity contribution in [3.05, 3.63) is 76.6 Å². The average Bonchev–Trinajstić information content (AvgIpc) is 3.35. The van der Waals surface area contributed by atoms with Crippen LogP contribution in [0.2, 0.25) is 0 Å². The summed E-state index contributed by atoms with van der Waals surface area (Å²) in [6, 6.07) is 13.4. The van der Waals surface area contributed by atoms with Gasteiger partial charge in [-0.25, -0.2) is 13.1 Å². The standard InChI is InChI=1S/C22H24N6O5S/c1-2-25-12-14-26(15-13-25)34(32,33)20-8-6-17(7-9-20)23-22(29)21-10-11-27(24-21)18-4-3-5-19(16-18)28(30)31/h3-11,16H,2,12-15H2,1H3,(H,23,29). The van der Waals surface area contributed by atoms with Crippen LogP contribution in [0.1, 0.15) is 17.4 Å². The van der Waals surface area contributed by atoms with Crippen molar-refractivity contribution in [2.75, 3.05) is 38.0 Å². The van der Waals surface area contributed by atoms with Crippen molar-refractivity contribution >= 4 is 27.3 Å². The molecule has 0 aliphatic carbocycles. The fraction of sp³-hybridized carbons (Fsp3) is 0.273. The largest absolute Gasteiger partial charge is 0.321 e. The van der Waals surface area contributed by atoms with Gasteiger partial charge in [-0.2, -0.15) is 9.40 Å². The molecule has 0 atom stereocenters. The van der Waals surface area contributed by atoms with E-state index in [1.54, 1.807) is 6.07 Å². The first kappa shape index (κ1) is 23.5. The molecular weight excluding hydrogens is 460 g/mol. The van der Waals surface area contributed by atoms with Gasteiger partial charge in [0.1, 0.15) is 0 Å². The van der Waals surface area contributed by atoms with Gasteiger partial charge in [-0.1, -0.05) is 13.0 Å². The van der Waals surface area contributed by atoms with Crippen LogP contribution in [0.4, 0.5) is 11.4 Å². The number of amides is 1. The van der Waals surface area contributed by atoms with Crippen LogP contribution < -0.4 is 5.32 Å². The topological polar surface area (TPSA) is 131 Å². The third kappa shape index (κ3) is 4.98. The second-order valence-electron chi connectivity index (χ2n) is 7.74. The number of hydrogen-bond acceptors (Lipinski definition) is 7. The molecule has 2 heterocycles. The van der Waals surface area contributed by atoms with Crippen LogP contribution in [0.25, 0.3) is 5.69 Å². The first-order chi connectivity index (χ1) is 16.3. The number of sulfonamides is 1. The molecule has 1 fully saturated rings. The summed E-state index contributed by atoms with van der Waals surface area (Å²) in [4.78, 5) is 25.4. The van der Waals surface area contributed by atoms with Crippen LogP contribution in [0.3, 0.4) is 0 Å². The Hall–Kier alpha value is -3.61. The van der Waals surface area contributed by atoms with E-state index in [0.717, 1.165) is 6.54 Å². The van der Waals surface area contributed by atoms with Crippen LogP contribution in [-0.4, -0.2) is 71.0 Å². The second kappa shape index (κ2) is 9.71. The molecule has 1 aromatic heterocycles. The molecule has 12 heteroatoms. The normalized spacial score (nSPS) is 15.2. The van der Waals surface area contributed by atoms with Crippen molar-refractivity contribution in [2.45, 2.75) is 11.8 Å². The summed E-state index contributed by atoms with van der Waals surface area (Å²) in [6.07, 6.45) is 1.53. The summed E-state index contributed by atoms with van der Waals surface area (Å²) in [7, 11) is -3.60. The van der Waals surface area contributed by atoms with Gasteiger partial charge in [0.2, 0.25) is 10.0 Å². The molecule has 0 bridgehead atoms. The zero-order valence-electron chi connectivity index (χ0n) is 18.5. The number of nitro benzene ring substituents is 1. The molecule has 0 radical (unpaired) electrons. The SMILES string of the molecule is CCN1CCN(S(=O)(=O)c2ccc(NC(=O)c3ccn(-c4cccc([N+](=O)[O-])c4)n3)cc2)CC1. The van der Waals surface area contributed by atoms with Gasteiger partial charge in [0.05, 0.1) is 15.5 Å². The fourth-order valence-electron chi connectivity index (χ4n) is 3.68. The molecule has 0 saturated carbocycles. The lowest BCUT2D eigenvalue weighted by atomic mass is 10.3. The van der Waals surface area contributed by atoms with E-state index >= 15 is 0 Å². The number of non-ortho nitro benzene ring substituents is 1. The number of anilines is 1. The smallest absolute Gasteiger partial charge is 0.276 e. The predicted molar refractivity (Wildman–Crippen MR) is 125 cm³/mol. The molecule has 34 heavy (non-hydrogen) atoms. The molecule has 4 rings (SSSR count). The van der Waals surface area contributed by atoms with E-state index in [1.807, 2.05) is 0 Å². The minimum absolute atomic E-state index is 0.0821. The molecular formula is C22H24N6O5S. The Balaban J connectivity index is 1.43. The minimum Gasteiger partial charge on any atom is -0.321 e. The summed E-state index contributed by atoms with van der Waals surface area (Å²) < 4.78 is 28.7. The van der Waals surface area contributed by atoms with Gasteiger partial charge in [-0.15, -0.1) is 0 Å². The first-order valence-corrected chi connectivity index (χ1v) is 12.2. The third-order valence-corrected chi connectivity index (χ3v) is 7.57.